The highest BCUT2D eigenvalue weighted by Gasteiger charge is 2.36. The summed E-state index contributed by atoms with van der Waals surface area (Å²) in [6, 6.07) is 8.18. The van der Waals surface area contributed by atoms with E-state index in [0.717, 1.165) is 25.7 Å². The molecule has 0 amide bonds. The maximum Gasteiger partial charge on any atom is 0.339 e. The summed E-state index contributed by atoms with van der Waals surface area (Å²) in [6.07, 6.45) is 3.59. The molecule has 1 saturated carbocycles. The summed E-state index contributed by atoms with van der Waals surface area (Å²) in [5, 5.41) is 0.683. The van der Waals surface area contributed by atoms with Crippen molar-refractivity contribution in [3.05, 3.63) is 41.6 Å². The predicted molar refractivity (Wildman–Crippen MR) is 112 cm³/mol. The highest BCUT2D eigenvalue weighted by atomic mass is 16.6. The van der Waals surface area contributed by atoms with Crippen LogP contribution in [0.1, 0.15) is 79.6 Å². The van der Waals surface area contributed by atoms with E-state index >= 15 is 0 Å². The lowest BCUT2D eigenvalue weighted by molar-refractivity contribution is -0.133. The first-order valence-electron chi connectivity index (χ1n) is 10.6. The number of aromatic nitrogens is 1. The molecule has 0 spiro atoms. The van der Waals surface area contributed by atoms with E-state index in [-0.39, 0.29) is 35.8 Å². The monoisotopic (exact) mass is 409 g/mol. The zero-order chi connectivity index (χ0) is 21.7. The van der Waals surface area contributed by atoms with Gasteiger partial charge < -0.3 is 4.74 Å². The van der Waals surface area contributed by atoms with E-state index in [1.165, 1.54) is 6.07 Å². The minimum absolute atomic E-state index is 0.0181. The van der Waals surface area contributed by atoms with Gasteiger partial charge in [-0.15, -0.1) is 0 Å². The van der Waals surface area contributed by atoms with Crippen molar-refractivity contribution in [2.45, 2.75) is 64.9 Å². The van der Waals surface area contributed by atoms with Crippen LogP contribution < -0.4 is 0 Å². The predicted octanol–water partition coefficient (Wildman–Crippen LogP) is 4.48. The smallest absolute Gasteiger partial charge is 0.339 e. The van der Waals surface area contributed by atoms with Gasteiger partial charge in [0.15, 0.2) is 17.3 Å². The number of carbonyl (C=O) groups is 4. The number of fused-ring (bicyclic) bond motifs is 1. The Balaban J connectivity index is 1.66. The van der Waals surface area contributed by atoms with Crippen molar-refractivity contribution in [1.82, 2.24) is 4.98 Å². The number of carbonyl (C=O) groups excluding carboxylic acids is 4. The Morgan fingerprint density at radius 2 is 1.77 bits per heavy atom. The van der Waals surface area contributed by atoms with Gasteiger partial charge in [0.05, 0.1) is 11.1 Å². The number of esters is 1. The molecule has 6 nitrogen and oxygen atoms in total. The molecule has 0 N–H and O–H groups in total. The van der Waals surface area contributed by atoms with E-state index in [9.17, 15) is 19.2 Å². The molecule has 1 aromatic carbocycles. The fourth-order valence-corrected chi connectivity index (χ4v) is 3.78. The molecule has 1 aliphatic rings. The summed E-state index contributed by atoms with van der Waals surface area (Å²) >= 11 is 0. The first kappa shape index (κ1) is 21.8. The van der Waals surface area contributed by atoms with Crippen molar-refractivity contribution >= 4 is 34.2 Å². The van der Waals surface area contributed by atoms with E-state index in [0.29, 0.717) is 28.9 Å². The van der Waals surface area contributed by atoms with Gasteiger partial charge >= 0.3 is 5.97 Å². The van der Waals surface area contributed by atoms with Gasteiger partial charge in [-0.05, 0) is 36.6 Å². The number of hydrogen-bond donors (Lipinski definition) is 0. The van der Waals surface area contributed by atoms with Gasteiger partial charge in [0, 0.05) is 24.6 Å². The van der Waals surface area contributed by atoms with Crippen molar-refractivity contribution in [3.8, 4) is 0 Å². The van der Waals surface area contributed by atoms with Gasteiger partial charge in [-0.2, -0.15) is 0 Å². The third kappa shape index (κ3) is 4.99. The average molecular weight is 409 g/mol. The fourth-order valence-electron chi connectivity index (χ4n) is 3.78. The number of ketones is 3. The lowest BCUT2D eigenvalue weighted by Crippen LogP contribution is -2.28. The summed E-state index contributed by atoms with van der Waals surface area (Å²) in [5.41, 5.74) is 1.26. The zero-order valence-corrected chi connectivity index (χ0v) is 17.5. The lowest BCUT2D eigenvalue weighted by atomic mass is 9.95. The van der Waals surface area contributed by atoms with Crippen LogP contribution in [0.5, 0.6) is 0 Å². The fraction of sp³-hybridized carbons (Fsp3) is 0.458. The molecule has 0 radical (unpaired) electrons. The van der Waals surface area contributed by atoms with E-state index < -0.39 is 12.1 Å². The molecule has 0 unspecified atom stereocenters. The van der Waals surface area contributed by atoms with Crippen LogP contribution >= 0.6 is 0 Å². The summed E-state index contributed by atoms with van der Waals surface area (Å²) in [5.74, 6) is -0.752. The average Bonchev–Trinajstić information content (AvgIpc) is 3.07. The molecule has 3 rings (SSSR count). The van der Waals surface area contributed by atoms with Crippen LogP contribution in [0.2, 0.25) is 0 Å². The zero-order valence-electron chi connectivity index (χ0n) is 17.5. The van der Waals surface area contributed by atoms with Crippen molar-refractivity contribution in [3.63, 3.8) is 0 Å². The van der Waals surface area contributed by atoms with Crippen LogP contribution in [0.25, 0.3) is 10.9 Å². The van der Waals surface area contributed by atoms with Crippen LogP contribution in [-0.4, -0.2) is 34.4 Å². The molecule has 1 heterocycles. The molecule has 6 heteroatoms. The SMILES string of the molecule is CCC(CC)CCCC(=O)c1ccc2cc(C(=O)OC3C(=O)CCC3=O)ccc2n1. The van der Waals surface area contributed by atoms with E-state index in [1.807, 2.05) is 0 Å². The van der Waals surface area contributed by atoms with Gasteiger partial charge in [-0.25, -0.2) is 9.78 Å². The molecule has 1 aliphatic carbocycles. The molecule has 0 aliphatic heterocycles. The molecular formula is C24H27NO5. The largest absolute Gasteiger partial charge is 0.443 e. The molecule has 30 heavy (non-hydrogen) atoms. The Hall–Kier alpha value is -2.89. The first-order valence-corrected chi connectivity index (χ1v) is 10.6. The minimum Gasteiger partial charge on any atom is -0.443 e. The van der Waals surface area contributed by atoms with Crippen molar-refractivity contribution in [2.75, 3.05) is 0 Å². The third-order valence-corrected chi connectivity index (χ3v) is 5.81. The molecule has 1 fully saturated rings. The normalized spacial score (nSPS) is 14.6. The summed E-state index contributed by atoms with van der Waals surface area (Å²) in [4.78, 5) is 52.6. The lowest BCUT2D eigenvalue weighted by Gasteiger charge is -2.11. The Morgan fingerprint density at radius 3 is 2.43 bits per heavy atom. The Morgan fingerprint density at radius 1 is 1.07 bits per heavy atom. The summed E-state index contributed by atoms with van der Waals surface area (Å²) < 4.78 is 5.10. The topological polar surface area (TPSA) is 90.4 Å². The Kier molecular flexibility index (Phi) is 7.08. The van der Waals surface area contributed by atoms with Crippen LogP contribution in [0.4, 0.5) is 0 Å². The number of rotatable bonds is 9. The molecule has 158 valence electrons. The first-order chi connectivity index (χ1) is 14.4. The van der Waals surface area contributed by atoms with E-state index in [4.69, 9.17) is 4.74 Å². The van der Waals surface area contributed by atoms with Gasteiger partial charge in [-0.3, -0.25) is 14.4 Å². The van der Waals surface area contributed by atoms with E-state index in [2.05, 4.69) is 18.8 Å². The van der Waals surface area contributed by atoms with Crippen molar-refractivity contribution < 1.29 is 23.9 Å². The van der Waals surface area contributed by atoms with Crippen LogP contribution in [-0.2, 0) is 14.3 Å². The van der Waals surface area contributed by atoms with E-state index in [1.54, 1.807) is 24.3 Å². The second kappa shape index (κ2) is 9.74. The third-order valence-electron chi connectivity index (χ3n) is 5.81. The maximum absolute atomic E-state index is 12.5. The molecule has 0 bridgehead atoms. The Labute approximate surface area is 176 Å². The van der Waals surface area contributed by atoms with Crippen LogP contribution in [0, 0.1) is 5.92 Å². The van der Waals surface area contributed by atoms with Gasteiger partial charge in [0.25, 0.3) is 0 Å². The molecular weight excluding hydrogens is 382 g/mol. The summed E-state index contributed by atoms with van der Waals surface area (Å²) in [6.45, 7) is 4.35. The molecule has 1 aromatic heterocycles. The number of pyridine rings is 1. The number of benzene rings is 1. The highest BCUT2D eigenvalue weighted by molar-refractivity contribution is 6.13. The number of hydrogen-bond acceptors (Lipinski definition) is 6. The van der Waals surface area contributed by atoms with Crippen LogP contribution in [0.3, 0.4) is 0 Å². The van der Waals surface area contributed by atoms with Crippen LogP contribution in [0.15, 0.2) is 30.3 Å². The number of Topliss-reactive ketones (excluding diaryl/α,β-unsaturated/α-hetero) is 3. The molecule has 0 saturated heterocycles. The standard InChI is InChI=1S/C24H27NO5/c1-3-15(4-2)6-5-7-20(26)19-11-8-16-14-17(9-10-18(16)25-19)24(29)30-23-21(27)12-13-22(23)28/h8-11,14-15,23H,3-7,12-13H2,1-2H3. The maximum atomic E-state index is 12.5. The quantitative estimate of drug-likeness (QED) is 0.344. The summed E-state index contributed by atoms with van der Waals surface area (Å²) in [7, 11) is 0. The highest BCUT2D eigenvalue weighted by Crippen LogP contribution is 2.21. The van der Waals surface area contributed by atoms with Gasteiger partial charge in [0.1, 0.15) is 5.69 Å². The van der Waals surface area contributed by atoms with Gasteiger partial charge in [0.2, 0.25) is 6.10 Å². The number of ether oxygens (including phenoxy) is 1. The molecule has 2 aromatic rings. The number of nitrogens with zero attached hydrogens (tertiary/aromatic N) is 1. The second-order valence-electron chi connectivity index (χ2n) is 7.82. The minimum atomic E-state index is -1.29. The molecule has 0 atom stereocenters. The Bertz CT molecular complexity index is 961. The van der Waals surface area contributed by atoms with Crippen molar-refractivity contribution in [1.29, 1.82) is 0 Å². The van der Waals surface area contributed by atoms with Crippen molar-refractivity contribution in [2.24, 2.45) is 5.92 Å². The van der Waals surface area contributed by atoms with Gasteiger partial charge in [-0.1, -0.05) is 39.2 Å². The second-order valence-corrected chi connectivity index (χ2v) is 7.82.